The van der Waals surface area contributed by atoms with Gasteiger partial charge in [-0.3, -0.25) is 0 Å². The van der Waals surface area contributed by atoms with Crippen LogP contribution in [0.4, 0.5) is 0 Å². The Hall–Kier alpha value is -0.200. The Morgan fingerprint density at radius 1 is 0.571 bits per heavy atom. The number of hydrogen-bond acceptors (Lipinski definition) is 5. The van der Waals surface area contributed by atoms with E-state index in [2.05, 4.69) is 0 Å². The number of rotatable bonds is 14. The van der Waals surface area contributed by atoms with Crippen LogP contribution in [0.1, 0.15) is 65.2 Å². The third-order valence-corrected chi connectivity index (χ3v) is 3.53. The highest BCUT2D eigenvalue weighted by Crippen LogP contribution is 2.09. The van der Waals surface area contributed by atoms with Crippen LogP contribution in [-0.4, -0.2) is 58.1 Å². The number of aliphatic hydroxyl groups is 4. The van der Waals surface area contributed by atoms with Crippen molar-refractivity contribution in [3.63, 3.8) is 0 Å². The predicted octanol–water partition coefficient (Wildman–Crippen LogP) is 1.61. The third-order valence-electron chi connectivity index (χ3n) is 3.53. The first-order chi connectivity index (χ1) is 9.99. The molecule has 0 aromatic carbocycles. The van der Waals surface area contributed by atoms with Gasteiger partial charge in [0, 0.05) is 0 Å². The van der Waals surface area contributed by atoms with Gasteiger partial charge in [-0.25, -0.2) is 0 Å². The van der Waals surface area contributed by atoms with Gasteiger partial charge in [-0.15, -0.1) is 0 Å². The van der Waals surface area contributed by atoms with Gasteiger partial charge in [0.05, 0.1) is 37.6 Å². The second kappa shape index (κ2) is 13.5. The van der Waals surface area contributed by atoms with E-state index in [1.165, 1.54) is 0 Å². The van der Waals surface area contributed by atoms with Gasteiger partial charge in [-0.05, 0) is 38.5 Å². The average molecular weight is 306 g/mol. The van der Waals surface area contributed by atoms with Crippen LogP contribution < -0.4 is 0 Å². The summed E-state index contributed by atoms with van der Waals surface area (Å²) < 4.78 is 5.28. The maximum absolute atomic E-state index is 9.71. The molecule has 5 nitrogen and oxygen atoms in total. The van der Waals surface area contributed by atoms with E-state index in [0.717, 1.165) is 25.7 Å². The van der Waals surface area contributed by atoms with Gasteiger partial charge in [0.25, 0.3) is 0 Å². The molecule has 0 aliphatic rings. The van der Waals surface area contributed by atoms with E-state index in [1.54, 1.807) is 0 Å². The van der Waals surface area contributed by atoms with Crippen molar-refractivity contribution < 1.29 is 25.2 Å². The summed E-state index contributed by atoms with van der Waals surface area (Å²) in [6.45, 7) is 4.38. The average Bonchev–Trinajstić information content (AvgIpc) is 2.43. The monoisotopic (exact) mass is 306 g/mol. The molecule has 0 aromatic heterocycles. The molecule has 0 aliphatic carbocycles. The summed E-state index contributed by atoms with van der Waals surface area (Å²) in [5.41, 5.74) is 0. The van der Waals surface area contributed by atoms with E-state index in [9.17, 15) is 20.4 Å². The van der Waals surface area contributed by atoms with Crippen molar-refractivity contribution in [2.24, 2.45) is 0 Å². The van der Waals surface area contributed by atoms with Crippen molar-refractivity contribution in [3.05, 3.63) is 0 Å². The quantitative estimate of drug-likeness (QED) is 0.391. The van der Waals surface area contributed by atoms with Crippen LogP contribution in [0, 0.1) is 0 Å². The molecule has 4 N–H and O–H groups in total. The lowest BCUT2D eigenvalue weighted by Crippen LogP contribution is -2.23. The zero-order valence-electron chi connectivity index (χ0n) is 13.6. The van der Waals surface area contributed by atoms with Gasteiger partial charge in [-0.1, -0.05) is 26.7 Å². The molecular weight excluding hydrogens is 272 g/mol. The van der Waals surface area contributed by atoms with Crippen molar-refractivity contribution in [2.45, 2.75) is 89.6 Å². The van der Waals surface area contributed by atoms with Crippen LogP contribution in [0.3, 0.4) is 0 Å². The number of hydrogen-bond donors (Lipinski definition) is 4. The van der Waals surface area contributed by atoms with Gasteiger partial charge in [0.1, 0.15) is 0 Å². The molecule has 0 aliphatic heterocycles. The number of ether oxygens (including phenoxy) is 1. The summed E-state index contributed by atoms with van der Waals surface area (Å²) in [6, 6.07) is 0. The standard InChI is InChI=1S/C16H34O5/c1-3-5-13(17)7-9-15(19)11-21-12-16(20)10-8-14(18)6-4-2/h13-20H,3-12H2,1-2H3. The van der Waals surface area contributed by atoms with Crippen LogP contribution in [0.5, 0.6) is 0 Å². The topological polar surface area (TPSA) is 90.2 Å². The normalized spacial score (nSPS) is 17.4. The van der Waals surface area contributed by atoms with Gasteiger partial charge in [0.15, 0.2) is 0 Å². The molecule has 0 spiro atoms. The maximum atomic E-state index is 9.71. The molecule has 21 heavy (non-hydrogen) atoms. The predicted molar refractivity (Wildman–Crippen MR) is 83.1 cm³/mol. The van der Waals surface area contributed by atoms with Gasteiger partial charge >= 0.3 is 0 Å². The zero-order chi connectivity index (χ0) is 16.1. The fourth-order valence-corrected chi connectivity index (χ4v) is 2.23. The summed E-state index contributed by atoms with van der Waals surface area (Å²) in [5.74, 6) is 0. The van der Waals surface area contributed by atoms with Crippen LogP contribution in [0.25, 0.3) is 0 Å². The molecule has 0 amide bonds. The molecule has 0 saturated heterocycles. The Labute approximate surface area is 129 Å². The lowest BCUT2D eigenvalue weighted by Gasteiger charge is -2.16. The Bertz CT molecular complexity index is 203. The molecule has 0 fully saturated rings. The van der Waals surface area contributed by atoms with Crippen LogP contribution in [0.15, 0.2) is 0 Å². The van der Waals surface area contributed by atoms with Crippen LogP contribution in [-0.2, 0) is 4.74 Å². The first-order valence-corrected chi connectivity index (χ1v) is 8.29. The minimum Gasteiger partial charge on any atom is -0.393 e. The lowest BCUT2D eigenvalue weighted by molar-refractivity contribution is -0.0192. The summed E-state index contributed by atoms with van der Waals surface area (Å²) >= 11 is 0. The Morgan fingerprint density at radius 3 is 1.24 bits per heavy atom. The first kappa shape index (κ1) is 20.8. The highest BCUT2D eigenvalue weighted by atomic mass is 16.5. The Kier molecular flexibility index (Phi) is 13.3. The highest BCUT2D eigenvalue weighted by molar-refractivity contribution is 4.63. The summed E-state index contributed by atoms with van der Waals surface area (Å²) in [6.07, 6.45) is 3.63. The first-order valence-electron chi connectivity index (χ1n) is 8.29. The molecular formula is C16H34O5. The molecule has 0 rings (SSSR count). The van der Waals surface area contributed by atoms with E-state index in [-0.39, 0.29) is 25.4 Å². The Morgan fingerprint density at radius 2 is 0.905 bits per heavy atom. The SMILES string of the molecule is CCCC(O)CCC(O)COCC(O)CCC(O)CCC. The smallest absolute Gasteiger partial charge is 0.0774 e. The fraction of sp³-hybridized carbons (Fsp3) is 1.00. The van der Waals surface area contributed by atoms with Crippen molar-refractivity contribution in [1.29, 1.82) is 0 Å². The van der Waals surface area contributed by atoms with Crippen molar-refractivity contribution in [3.8, 4) is 0 Å². The van der Waals surface area contributed by atoms with Crippen molar-refractivity contribution in [1.82, 2.24) is 0 Å². The lowest BCUT2D eigenvalue weighted by atomic mass is 10.1. The molecule has 0 saturated carbocycles. The second-order valence-electron chi connectivity index (χ2n) is 5.88. The van der Waals surface area contributed by atoms with E-state index >= 15 is 0 Å². The third kappa shape index (κ3) is 13.2. The molecule has 5 heteroatoms. The molecule has 0 bridgehead atoms. The second-order valence-corrected chi connectivity index (χ2v) is 5.88. The molecule has 128 valence electrons. The van der Waals surface area contributed by atoms with E-state index < -0.39 is 12.2 Å². The van der Waals surface area contributed by atoms with E-state index in [0.29, 0.717) is 25.7 Å². The molecule has 0 radical (unpaired) electrons. The van der Waals surface area contributed by atoms with Crippen LogP contribution >= 0.6 is 0 Å². The van der Waals surface area contributed by atoms with E-state index in [4.69, 9.17) is 4.74 Å². The summed E-state index contributed by atoms with van der Waals surface area (Å²) in [7, 11) is 0. The maximum Gasteiger partial charge on any atom is 0.0774 e. The van der Waals surface area contributed by atoms with Gasteiger partial charge in [-0.2, -0.15) is 0 Å². The zero-order valence-corrected chi connectivity index (χ0v) is 13.6. The highest BCUT2D eigenvalue weighted by Gasteiger charge is 2.12. The summed E-state index contributed by atoms with van der Waals surface area (Å²) in [5, 5.41) is 38.5. The van der Waals surface area contributed by atoms with Crippen molar-refractivity contribution in [2.75, 3.05) is 13.2 Å². The summed E-state index contributed by atoms with van der Waals surface area (Å²) in [4.78, 5) is 0. The molecule has 4 unspecified atom stereocenters. The fourth-order valence-electron chi connectivity index (χ4n) is 2.23. The molecule has 0 heterocycles. The van der Waals surface area contributed by atoms with Crippen molar-refractivity contribution >= 4 is 0 Å². The molecule has 4 atom stereocenters. The van der Waals surface area contributed by atoms with E-state index in [1.807, 2.05) is 13.8 Å². The minimum absolute atomic E-state index is 0.174. The van der Waals surface area contributed by atoms with Gasteiger partial charge < -0.3 is 25.2 Å². The molecule has 0 aromatic rings. The minimum atomic E-state index is -0.602. The number of aliphatic hydroxyl groups excluding tert-OH is 4. The Balaban J connectivity index is 3.54. The van der Waals surface area contributed by atoms with Gasteiger partial charge in [0.2, 0.25) is 0 Å². The van der Waals surface area contributed by atoms with Crippen LogP contribution in [0.2, 0.25) is 0 Å². The largest absolute Gasteiger partial charge is 0.393 e.